The maximum Gasteiger partial charge on any atom is 0.329 e. The number of carbonyl (C=O) groups is 16. The molecule has 36 nitrogen and oxygen atoms in total. The van der Waals surface area contributed by atoms with E-state index >= 15 is 0 Å². The molecule has 0 spiro atoms. The lowest BCUT2D eigenvalue weighted by molar-refractivity contribution is -0.163. The van der Waals surface area contributed by atoms with Crippen LogP contribution >= 0.6 is 11.6 Å². The molecule has 20 atom stereocenters. The molecule has 0 aliphatic carbocycles. The van der Waals surface area contributed by atoms with Crippen molar-refractivity contribution in [2.45, 2.75) is 351 Å². The van der Waals surface area contributed by atoms with Crippen molar-refractivity contribution in [3.05, 3.63) is 59.7 Å². The van der Waals surface area contributed by atoms with Crippen molar-refractivity contribution in [3.8, 4) is 11.5 Å². The van der Waals surface area contributed by atoms with Gasteiger partial charge in [0.05, 0.1) is 57.4 Å². The molecule has 4 aliphatic rings. The quantitative estimate of drug-likeness (QED) is 0.0229. The summed E-state index contributed by atoms with van der Waals surface area (Å²) >= 11 is 4.97. The Hall–Kier alpha value is -10.1. The van der Waals surface area contributed by atoms with Crippen molar-refractivity contribution >= 4 is 106 Å². The summed E-state index contributed by atoms with van der Waals surface area (Å²) in [7, 11) is 9.07. The number of esters is 4. The van der Waals surface area contributed by atoms with Gasteiger partial charge in [-0.25, -0.2) is 9.59 Å². The molecule has 2 aromatic carbocycles. The average molecular weight is 1950 g/mol. The predicted molar refractivity (Wildman–Crippen MR) is 516 cm³/mol. The maximum absolute atomic E-state index is 14.7. The van der Waals surface area contributed by atoms with Crippen molar-refractivity contribution in [2.24, 2.45) is 59.2 Å². The Morgan fingerprint density at radius 1 is 0.496 bits per heavy atom. The van der Waals surface area contributed by atoms with Crippen LogP contribution in [-0.2, 0) is 109 Å². The van der Waals surface area contributed by atoms with Crippen LogP contribution in [0.4, 0.5) is 0 Å². The molecule has 4 saturated heterocycles. The van der Waals surface area contributed by atoms with E-state index in [1.54, 1.807) is 125 Å². The molecule has 0 saturated carbocycles. The van der Waals surface area contributed by atoms with Gasteiger partial charge < -0.3 is 100 Å². The van der Waals surface area contributed by atoms with Gasteiger partial charge in [0.15, 0.2) is 12.2 Å². The largest absolute Gasteiger partial charge is 0.497 e. The number of likely N-dealkylation sites (N-methyl/N-ethyl adjacent to an activating group) is 4. The molecule has 0 unspecified atom stereocenters. The molecule has 4 aliphatic heterocycles. The fraction of sp³-hybridized carbons (Fsp3) is 0.720. The summed E-state index contributed by atoms with van der Waals surface area (Å²) in [6.45, 7) is 39.3. The minimum Gasteiger partial charge on any atom is -0.497 e. The molecule has 4 fully saturated rings. The molecule has 11 amide bonds. The second-order valence-electron chi connectivity index (χ2n) is 39.9. The zero-order valence-corrected chi connectivity index (χ0v) is 86.8. The number of ether oxygens (including phenoxy) is 6. The third-order valence-electron chi connectivity index (χ3n) is 25.4. The van der Waals surface area contributed by atoms with E-state index in [0.717, 1.165) is 0 Å². The van der Waals surface area contributed by atoms with E-state index in [1.165, 1.54) is 73.7 Å². The highest BCUT2D eigenvalue weighted by atomic mass is 35.5. The smallest absolute Gasteiger partial charge is 0.329 e. The molecule has 4 heterocycles. The van der Waals surface area contributed by atoms with E-state index in [9.17, 15) is 86.9 Å². The van der Waals surface area contributed by atoms with Gasteiger partial charge in [0, 0.05) is 58.9 Å². The van der Waals surface area contributed by atoms with Crippen LogP contribution in [0.3, 0.4) is 0 Å². The van der Waals surface area contributed by atoms with Crippen LogP contribution < -0.4 is 46.7 Å². The Labute approximate surface area is 815 Å². The number of halogens is 1. The lowest BCUT2D eigenvalue weighted by Gasteiger charge is -2.36. The first-order valence-electron chi connectivity index (χ1n) is 48.6. The number of aliphatic hydroxyl groups is 2. The van der Waals surface area contributed by atoms with E-state index in [2.05, 4.69) is 37.2 Å². The molecule has 9 N–H and O–H groups in total. The molecule has 772 valence electrons. The second-order valence-corrected chi connectivity index (χ2v) is 40.3. The van der Waals surface area contributed by atoms with Gasteiger partial charge in [-0.1, -0.05) is 176 Å². The van der Waals surface area contributed by atoms with Gasteiger partial charge in [0.1, 0.15) is 78.1 Å². The number of hydrogen-bond donors (Lipinski definition) is 9. The van der Waals surface area contributed by atoms with Gasteiger partial charge in [0.25, 0.3) is 11.8 Å². The van der Waals surface area contributed by atoms with Crippen LogP contribution in [0.2, 0.25) is 0 Å². The number of carbonyl (C=O) groups excluding carboxylic acids is 16. The van der Waals surface area contributed by atoms with Crippen LogP contribution in [0, 0.1) is 59.2 Å². The second kappa shape index (κ2) is 56.9. The fourth-order valence-electron chi connectivity index (χ4n) is 16.8. The molecule has 37 heteroatoms. The third-order valence-corrected chi connectivity index (χ3v) is 25.9. The summed E-state index contributed by atoms with van der Waals surface area (Å²) in [5.74, 6) is -11.8. The summed E-state index contributed by atoms with van der Waals surface area (Å²) in [6.07, 6.45) is -6.36. The van der Waals surface area contributed by atoms with Gasteiger partial charge in [0.2, 0.25) is 58.4 Å². The van der Waals surface area contributed by atoms with Gasteiger partial charge in [-0.05, 0) is 167 Å². The third kappa shape index (κ3) is 36.0. The Balaban J connectivity index is 0.000000541. The zero-order chi connectivity index (χ0) is 104. The van der Waals surface area contributed by atoms with E-state index in [4.69, 9.17) is 40.0 Å². The molecular weight excluding hydrogens is 1790 g/mol. The summed E-state index contributed by atoms with van der Waals surface area (Å²) in [6, 6.07) is 0.0153. The van der Waals surface area contributed by atoms with Crippen molar-refractivity contribution in [2.75, 3.05) is 55.5 Å². The summed E-state index contributed by atoms with van der Waals surface area (Å²) in [5, 5.41) is 42.7. The van der Waals surface area contributed by atoms with Crippen LogP contribution in [0.25, 0.3) is 0 Å². The molecule has 0 radical (unpaired) electrons. The zero-order valence-electron chi connectivity index (χ0n) is 86.1. The molecule has 0 aromatic heterocycles. The Morgan fingerprint density at radius 3 is 1.15 bits per heavy atom. The van der Waals surface area contributed by atoms with E-state index < -0.39 is 235 Å². The Morgan fingerprint density at radius 2 is 0.847 bits per heavy atom. The minimum absolute atomic E-state index is 0.0170. The number of aliphatic hydroxyl groups excluding tert-OH is 2. The Kier molecular flexibility index (Phi) is 49.5. The van der Waals surface area contributed by atoms with Crippen molar-refractivity contribution < 1.29 is 115 Å². The average Bonchev–Trinajstić information content (AvgIpc) is 1.72. The van der Waals surface area contributed by atoms with E-state index in [1.807, 2.05) is 69.2 Å². The first kappa shape index (κ1) is 119. The molecule has 0 bridgehead atoms. The van der Waals surface area contributed by atoms with Crippen molar-refractivity contribution in [3.63, 3.8) is 0 Å². The van der Waals surface area contributed by atoms with Gasteiger partial charge >= 0.3 is 23.9 Å². The lowest BCUT2D eigenvalue weighted by Crippen LogP contribution is -2.61. The van der Waals surface area contributed by atoms with Crippen molar-refractivity contribution in [1.29, 1.82) is 0 Å². The number of benzene rings is 2. The highest BCUT2D eigenvalue weighted by Gasteiger charge is 2.49. The summed E-state index contributed by atoms with van der Waals surface area (Å²) in [4.78, 5) is 230. The highest BCUT2D eigenvalue weighted by molar-refractivity contribution is 6.63. The molecule has 6 rings (SSSR count). The SMILES string of the molecule is CC(C)C(=O)Cl.CC[C@H](C)[C@H]1NC(=O)[C@@H](NC(=O)[C@@H](CC(C)C)N(C)C(=O)C(C)C)[C@@H](C)OC(=O)[C@H](Cc2ccc(OC)cc2)N(C)C(=O)[C@@H]2CCCN2C(=O)[C@H](CC(C)C)NC(=O)[C@H](C(C)C)OC(=O)C[C@@H]1O.CC[C@H](C)[C@H]1NC(=O)[C@@H](NC(=O)[C@@H](CC(C)C)NC)[C@@H](C)OC(=O)[C@H](Cc2ccc(OC)cc2)N(C)C(=O)[C@@H]2CCCN2C(=O)[C@H](CC(C)C)NC(=O)[C@H](C(C)C)OC(=O)C[C@@H]1O. The Bertz CT molecular complexity index is 4320. The first-order chi connectivity index (χ1) is 64.1. The van der Waals surface area contributed by atoms with E-state index in [-0.39, 0.29) is 92.4 Å². The lowest BCUT2D eigenvalue weighted by atomic mass is 9.92. The van der Waals surface area contributed by atoms with Gasteiger partial charge in [-0.2, -0.15) is 0 Å². The maximum atomic E-state index is 14.7. The van der Waals surface area contributed by atoms with Crippen LogP contribution in [0.5, 0.6) is 11.5 Å². The molecular formula is C100H161ClN12O24. The fourth-order valence-corrected chi connectivity index (χ4v) is 16.8. The van der Waals surface area contributed by atoms with Crippen molar-refractivity contribution in [1.82, 2.24) is 61.7 Å². The van der Waals surface area contributed by atoms with Crippen LogP contribution in [-0.4, -0.2) is 293 Å². The standard InChI is InChI=1S/C50H80N6O12.C46H74N6O11.C4H7ClO/c1-15-31(10)41-39(57)26-40(58)68-43(29(6)7)46(61)51-35(23-27(2)3)48(63)56-22-16-17-36(56)49(64)55(13)38(25-33-18-20-34(66-14)21-19-33)50(65)67-32(11)42(45(60)52-41)53-44(59)37(24-28(4)5)54(12)47(62)30(8)9;1-13-28(8)38-36(53)24-37(54)63-40(27(6)7)43(57)48-33(22-26(4)5)44(58)52-20-14-15-34(52)45(59)51(11)35(23-30-16-18-31(61-12)19-17-30)46(60)62-29(9)39(42(56)49-38)50-41(55)32(47-10)21-25(2)3;1-3(2)4(5)6/h18-21,27-32,35-39,41-43,57H,15-17,22-26H2,1-14H3,(H,51,61)(H,52,60)(H,53,59);16-19,25-29,32-36,38-40,47,53H,13-15,20-24H2,1-12H3,(H,48,57)(H,49,56)(H,50,55);3H,1-2H3/t31-,32+,35-,36-,37+,38-,39-,41+,42-,43-;28-,29+,32+,33-,34-,35-,36-,38+,39-,40-;/m00./s1. The monoisotopic (exact) mass is 1950 g/mol. The number of rotatable bonds is 28. The van der Waals surface area contributed by atoms with E-state index in [0.29, 0.717) is 61.2 Å². The number of amides is 11. The first-order valence-corrected chi connectivity index (χ1v) is 49.0. The van der Waals surface area contributed by atoms with Gasteiger partial charge in [-0.3, -0.25) is 67.1 Å². The minimum atomic E-state index is -1.62. The van der Waals surface area contributed by atoms with Crippen LogP contribution in [0.1, 0.15) is 240 Å². The topological polar surface area (TPSA) is 469 Å². The number of nitrogens with zero attached hydrogens (tertiary/aromatic N) is 5. The van der Waals surface area contributed by atoms with Crippen LogP contribution in [0.15, 0.2) is 48.5 Å². The highest BCUT2D eigenvalue weighted by Crippen LogP contribution is 2.31. The number of hydrogen-bond acceptors (Lipinski definition) is 25. The molecule has 137 heavy (non-hydrogen) atoms. The normalized spacial score (nSPS) is 25.9. The number of methoxy groups -OCH3 is 2. The number of cyclic esters (lactones) is 4. The summed E-state index contributed by atoms with van der Waals surface area (Å²) < 4.78 is 34.3. The number of fused-ring (bicyclic) bond motifs is 2. The summed E-state index contributed by atoms with van der Waals surface area (Å²) in [5.41, 5.74) is 1.29. The molecule has 2 aromatic rings. The predicted octanol–water partition coefficient (Wildman–Crippen LogP) is 7.30. The number of nitrogens with one attached hydrogen (secondary N) is 7. The van der Waals surface area contributed by atoms with Gasteiger partial charge in [-0.15, -0.1) is 0 Å².